The molecule has 10 heavy (non-hydrogen) atoms. The number of hydrogen-bond acceptors (Lipinski definition) is 0. The summed E-state index contributed by atoms with van der Waals surface area (Å²) in [4.78, 5) is 0. The van der Waals surface area contributed by atoms with Crippen molar-refractivity contribution in [3.8, 4) is 0 Å². The van der Waals surface area contributed by atoms with Gasteiger partial charge >= 0.3 is 0 Å². The molecule has 0 aliphatic heterocycles. The summed E-state index contributed by atoms with van der Waals surface area (Å²) in [5.74, 6) is 0. The molecule has 0 aromatic carbocycles. The predicted octanol–water partition coefficient (Wildman–Crippen LogP) is 3.52. The van der Waals surface area contributed by atoms with E-state index in [2.05, 4.69) is 6.92 Å². The van der Waals surface area contributed by atoms with Crippen LogP contribution in [0.2, 0.25) is 0 Å². The Balaban J connectivity index is 2.97. The second kappa shape index (κ2) is 7.04. The van der Waals surface area contributed by atoms with E-state index in [4.69, 9.17) is 0 Å². The van der Waals surface area contributed by atoms with Gasteiger partial charge in [0, 0.05) is 0 Å². The van der Waals surface area contributed by atoms with Gasteiger partial charge in [-0.15, -0.1) is 0 Å². The van der Waals surface area contributed by atoms with Gasteiger partial charge in [0.1, 0.15) is 6.17 Å². The van der Waals surface area contributed by atoms with Crippen LogP contribution in [0.25, 0.3) is 0 Å². The van der Waals surface area contributed by atoms with Crippen LogP contribution in [0.3, 0.4) is 0 Å². The first kappa shape index (κ1) is 9.93. The predicted molar refractivity (Wildman–Crippen MR) is 43.6 cm³/mol. The number of rotatable bonds is 6. The summed E-state index contributed by atoms with van der Waals surface area (Å²) in [5, 5.41) is 0. The highest BCUT2D eigenvalue weighted by Gasteiger charge is 2.02. The average molecular weight is 145 g/mol. The number of alkyl halides is 1. The maximum atomic E-state index is 12.7. The quantitative estimate of drug-likeness (QED) is 0.502. The lowest BCUT2D eigenvalue weighted by atomic mass is 10.1. The number of hydrogen-bond donors (Lipinski definition) is 0. The van der Waals surface area contributed by atoms with Gasteiger partial charge in [-0.05, 0) is 12.8 Å². The molecule has 0 amide bonds. The van der Waals surface area contributed by atoms with Crippen LogP contribution in [-0.2, 0) is 0 Å². The topological polar surface area (TPSA) is 0 Å². The summed E-state index contributed by atoms with van der Waals surface area (Å²) < 4.78 is 12.7. The molecule has 1 radical (unpaired) electrons. The van der Waals surface area contributed by atoms with Crippen molar-refractivity contribution in [1.82, 2.24) is 0 Å². The molecule has 0 aromatic rings. The maximum Gasteiger partial charge on any atom is 0.100 e. The Morgan fingerprint density at radius 1 is 1.30 bits per heavy atom. The van der Waals surface area contributed by atoms with Crippen LogP contribution in [0.5, 0.6) is 0 Å². The summed E-state index contributed by atoms with van der Waals surface area (Å²) in [7, 11) is 0. The van der Waals surface area contributed by atoms with Gasteiger partial charge in [-0.1, -0.05) is 39.5 Å². The zero-order chi connectivity index (χ0) is 7.82. The zero-order valence-corrected chi connectivity index (χ0v) is 6.91. The van der Waals surface area contributed by atoms with E-state index in [1.165, 1.54) is 0 Å². The van der Waals surface area contributed by atoms with Crippen LogP contribution in [0.4, 0.5) is 4.39 Å². The number of unbranched alkanes of at least 4 members (excludes halogenated alkanes) is 2. The second-order valence-electron chi connectivity index (χ2n) is 2.74. The van der Waals surface area contributed by atoms with E-state index >= 15 is 0 Å². The molecule has 0 saturated carbocycles. The van der Waals surface area contributed by atoms with Crippen molar-refractivity contribution in [1.29, 1.82) is 0 Å². The molecule has 61 valence electrons. The van der Waals surface area contributed by atoms with Crippen molar-refractivity contribution < 1.29 is 4.39 Å². The highest BCUT2D eigenvalue weighted by molar-refractivity contribution is 4.55. The average Bonchev–Trinajstić information content (AvgIpc) is 1.89. The van der Waals surface area contributed by atoms with Crippen molar-refractivity contribution in [3.05, 3.63) is 6.92 Å². The third kappa shape index (κ3) is 6.06. The fourth-order valence-electron chi connectivity index (χ4n) is 1.00. The molecule has 0 aromatic heterocycles. The minimum Gasteiger partial charge on any atom is -0.247 e. The van der Waals surface area contributed by atoms with Gasteiger partial charge in [-0.2, -0.15) is 0 Å². The zero-order valence-electron chi connectivity index (χ0n) is 6.91. The Morgan fingerprint density at radius 3 is 2.50 bits per heavy atom. The van der Waals surface area contributed by atoms with Gasteiger partial charge in [0.05, 0.1) is 0 Å². The lowest BCUT2D eigenvalue weighted by Crippen LogP contribution is -1.98. The van der Waals surface area contributed by atoms with E-state index in [0.29, 0.717) is 0 Å². The van der Waals surface area contributed by atoms with Gasteiger partial charge in [0.2, 0.25) is 0 Å². The molecule has 0 aliphatic rings. The Bertz CT molecular complexity index is 61.7. The SMILES string of the molecule is [CH2]CCCCC(F)CCC. The second-order valence-corrected chi connectivity index (χ2v) is 2.74. The summed E-state index contributed by atoms with van der Waals surface area (Å²) in [6.45, 7) is 5.73. The summed E-state index contributed by atoms with van der Waals surface area (Å²) in [5.41, 5.74) is 0. The van der Waals surface area contributed by atoms with E-state index in [0.717, 1.165) is 38.5 Å². The molecule has 1 atom stereocenters. The molecule has 0 fully saturated rings. The van der Waals surface area contributed by atoms with E-state index in [1.807, 2.05) is 6.92 Å². The molecule has 1 unspecified atom stereocenters. The lowest BCUT2D eigenvalue weighted by Gasteiger charge is -2.04. The van der Waals surface area contributed by atoms with Crippen LogP contribution >= 0.6 is 0 Å². The monoisotopic (exact) mass is 145 g/mol. The fourth-order valence-corrected chi connectivity index (χ4v) is 1.00. The van der Waals surface area contributed by atoms with Crippen molar-refractivity contribution in [2.24, 2.45) is 0 Å². The van der Waals surface area contributed by atoms with Crippen LogP contribution < -0.4 is 0 Å². The van der Waals surface area contributed by atoms with Gasteiger partial charge < -0.3 is 0 Å². The minimum atomic E-state index is -0.559. The Labute approximate surface area is 63.8 Å². The minimum absolute atomic E-state index is 0.559. The molecule has 0 nitrogen and oxygen atoms in total. The van der Waals surface area contributed by atoms with Crippen molar-refractivity contribution in [2.75, 3.05) is 0 Å². The molecule has 0 saturated heterocycles. The normalized spacial score (nSPS) is 13.5. The standard InChI is InChI=1S/C9H18F/c1-3-5-6-8-9(10)7-4-2/h9H,1,3-8H2,2H3. The van der Waals surface area contributed by atoms with Crippen molar-refractivity contribution in [3.63, 3.8) is 0 Å². The summed E-state index contributed by atoms with van der Waals surface area (Å²) >= 11 is 0. The first-order valence-corrected chi connectivity index (χ1v) is 4.24. The third-order valence-electron chi connectivity index (χ3n) is 1.62. The molecular weight excluding hydrogens is 127 g/mol. The van der Waals surface area contributed by atoms with Crippen LogP contribution in [0, 0.1) is 6.92 Å². The van der Waals surface area contributed by atoms with Crippen molar-refractivity contribution >= 4 is 0 Å². The van der Waals surface area contributed by atoms with E-state index in [1.54, 1.807) is 0 Å². The Morgan fingerprint density at radius 2 is 2.00 bits per heavy atom. The molecule has 1 heteroatoms. The first-order chi connectivity index (χ1) is 4.81. The van der Waals surface area contributed by atoms with Gasteiger partial charge in [-0.25, -0.2) is 4.39 Å². The van der Waals surface area contributed by atoms with E-state index in [-0.39, 0.29) is 0 Å². The van der Waals surface area contributed by atoms with Crippen LogP contribution in [0.15, 0.2) is 0 Å². The van der Waals surface area contributed by atoms with Crippen LogP contribution in [-0.4, -0.2) is 6.17 Å². The molecule has 0 heterocycles. The van der Waals surface area contributed by atoms with Gasteiger partial charge in [0.25, 0.3) is 0 Å². The molecule has 0 bridgehead atoms. The largest absolute Gasteiger partial charge is 0.247 e. The molecule has 0 N–H and O–H groups in total. The fraction of sp³-hybridized carbons (Fsp3) is 0.889. The van der Waals surface area contributed by atoms with E-state index in [9.17, 15) is 4.39 Å². The Hall–Kier alpha value is -0.0700. The number of halogens is 1. The highest BCUT2D eigenvalue weighted by atomic mass is 19.1. The smallest absolute Gasteiger partial charge is 0.100 e. The first-order valence-electron chi connectivity index (χ1n) is 4.24. The highest BCUT2D eigenvalue weighted by Crippen LogP contribution is 2.10. The maximum absolute atomic E-state index is 12.7. The third-order valence-corrected chi connectivity index (χ3v) is 1.62. The van der Waals surface area contributed by atoms with Crippen LogP contribution in [0.1, 0.15) is 45.4 Å². The van der Waals surface area contributed by atoms with Crippen molar-refractivity contribution in [2.45, 2.75) is 51.6 Å². The van der Waals surface area contributed by atoms with Gasteiger partial charge in [-0.3, -0.25) is 0 Å². The summed E-state index contributed by atoms with van der Waals surface area (Å²) in [6.07, 6.45) is 4.90. The Kier molecular flexibility index (Phi) is 6.99. The molecule has 0 rings (SSSR count). The van der Waals surface area contributed by atoms with E-state index < -0.39 is 6.17 Å². The molecule has 0 spiro atoms. The van der Waals surface area contributed by atoms with Gasteiger partial charge in [0.15, 0.2) is 0 Å². The summed E-state index contributed by atoms with van der Waals surface area (Å²) in [6, 6.07) is 0. The molecule has 0 aliphatic carbocycles. The lowest BCUT2D eigenvalue weighted by molar-refractivity contribution is 0.286. The molecular formula is C9H18F.